The average molecular weight is 275 g/mol. The molecule has 1 N–H and O–H groups in total. The lowest BCUT2D eigenvalue weighted by atomic mass is 10.1. The Morgan fingerprint density at radius 3 is 2.67 bits per heavy atom. The molecule has 2 rings (SSSR count). The smallest absolute Gasteiger partial charge is 0.257 e. The number of rotatable bonds is 2. The summed E-state index contributed by atoms with van der Waals surface area (Å²) in [5, 5.41) is 3.16. The third kappa shape index (κ3) is 3.11. The summed E-state index contributed by atoms with van der Waals surface area (Å²) >= 11 is 0. The maximum absolute atomic E-state index is 13.2. The van der Waals surface area contributed by atoms with Crippen molar-refractivity contribution in [3.8, 4) is 5.75 Å². The summed E-state index contributed by atoms with van der Waals surface area (Å²) in [6.07, 6.45) is 0. The minimum Gasteiger partial charge on any atom is -0.496 e. The molecular formula is C12H16ClFN2O2. The molecule has 18 heavy (non-hydrogen) atoms. The summed E-state index contributed by atoms with van der Waals surface area (Å²) in [5.41, 5.74) is 0.286. The highest BCUT2D eigenvalue weighted by Crippen LogP contribution is 2.21. The third-order valence-electron chi connectivity index (χ3n) is 2.80. The van der Waals surface area contributed by atoms with Crippen LogP contribution in [0.5, 0.6) is 5.75 Å². The summed E-state index contributed by atoms with van der Waals surface area (Å²) in [6, 6.07) is 3.99. The Balaban J connectivity index is 0.00000162. The summed E-state index contributed by atoms with van der Waals surface area (Å²) in [5.74, 6) is -0.193. The number of hydrogen-bond acceptors (Lipinski definition) is 3. The number of piperazine rings is 1. The normalized spacial score (nSPS) is 14.9. The number of halogens is 2. The standard InChI is InChI=1S/C12H15FN2O2.ClH/c1-17-11-3-2-9(13)8-10(11)12(16)15-6-4-14-5-7-15;/h2-3,8,14H,4-7H2,1H3;1H. The zero-order chi connectivity index (χ0) is 12.3. The topological polar surface area (TPSA) is 41.6 Å². The molecule has 0 radical (unpaired) electrons. The van der Waals surface area contributed by atoms with Gasteiger partial charge >= 0.3 is 0 Å². The quantitative estimate of drug-likeness (QED) is 0.884. The van der Waals surface area contributed by atoms with Crippen LogP contribution in [0, 0.1) is 5.82 Å². The van der Waals surface area contributed by atoms with Crippen LogP contribution in [0.4, 0.5) is 4.39 Å². The molecule has 1 aromatic rings. The highest BCUT2D eigenvalue weighted by atomic mass is 35.5. The molecule has 0 bridgehead atoms. The second kappa shape index (κ2) is 6.56. The fourth-order valence-electron chi connectivity index (χ4n) is 1.89. The number of nitrogens with one attached hydrogen (secondary N) is 1. The van der Waals surface area contributed by atoms with Crippen LogP contribution < -0.4 is 10.1 Å². The Kier molecular flexibility index (Phi) is 5.37. The van der Waals surface area contributed by atoms with E-state index in [-0.39, 0.29) is 23.9 Å². The molecule has 0 saturated carbocycles. The lowest BCUT2D eigenvalue weighted by molar-refractivity contribution is 0.0732. The van der Waals surface area contributed by atoms with E-state index in [2.05, 4.69) is 5.32 Å². The molecule has 1 heterocycles. The molecule has 4 nitrogen and oxygen atoms in total. The molecule has 1 saturated heterocycles. The first kappa shape index (κ1) is 14.7. The molecule has 1 amide bonds. The molecule has 0 spiro atoms. The van der Waals surface area contributed by atoms with Crippen LogP contribution in [0.3, 0.4) is 0 Å². The predicted octanol–water partition coefficient (Wildman–Crippen LogP) is 1.30. The molecule has 1 fully saturated rings. The van der Waals surface area contributed by atoms with E-state index >= 15 is 0 Å². The largest absolute Gasteiger partial charge is 0.496 e. The molecule has 0 aromatic heterocycles. The SMILES string of the molecule is COc1ccc(F)cc1C(=O)N1CCNCC1.Cl. The number of amides is 1. The van der Waals surface area contributed by atoms with E-state index in [9.17, 15) is 9.18 Å². The van der Waals surface area contributed by atoms with Crippen LogP contribution in [0.1, 0.15) is 10.4 Å². The summed E-state index contributed by atoms with van der Waals surface area (Å²) in [4.78, 5) is 13.9. The van der Waals surface area contributed by atoms with Gasteiger partial charge in [0, 0.05) is 26.2 Å². The van der Waals surface area contributed by atoms with Crippen molar-refractivity contribution < 1.29 is 13.9 Å². The Morgan fingerprint density at radius 1 is 1.39 bits per heavy atom. The van der Waals surface area contributed by atoms with Crippen molar-refractivity contribution in [3.05, 3.63) is 29.6 Å². The highest BCUT2D eigenvalue weighted by molar-refractivity contribution is 5.97. The van der Waals surface area contributed by atoms with E-state index in [4.69, 9.17) is 4.74 Å². The Bertz CT molecular complexity index is 423. The lowest BCUT2D eigenvalue weighted by Crippen LogP contribution is -2.46. The van der Waals surface area contributed by atoms with Crippen molar-refractivity contribution in [2.45, 2.75) is 0 Å². The van der Waals surface area contributed by atoms with Gasteiger partial charge in [0.25, 0.3) is 5.91 Å². The molecular weight excluding hydrogens is 259 g/mol. The van der Waals surface area contributed by atoms with Gasteiger partial charge in [-0.2, -0.15) is 0 Å². The van der Waals surface area contributed by atoms with Crippen LogP contribution in [0.2, 0.25) is 0 Å². The second-order valence-corrected chi connectivity index (χ2v) is 3.89. The van der Waals surface area contributed by atoms with E-state index in [0.29, 0.717) is 18.8 Å². The van der Waals surface area contributed by atoms with Gasteiger partial charge in [-0.1, -0.05) is 0 Å². The van der Waals surface area contributed by atoms with Crippen LogP contribution in [-0.2, 0) is 0 Å². The van der Waals surface area contributed by atoms with Gasteiger partial charge < -0.3 is 15.0 Å². The fourth-order valence-corrected chi connectivity index (χ4v) is 1.89. The van der Waals surface area contributed by atoms with Crippen molar-refractivity contribution in [2.75, 3.05) is 33.3 Å². The maximum atomic E-state index is 13.2. The summed E-state index contributed by atoms with van der Waals surface area (Å²) in [6.45, 7) is 2.81. The Morgan fingerprint density at radius 2 is 2.06 bits per heavy atom. The fraction of sp³-hybridized carbons (Fsp3) is 0.417. The molecule has 6 heteroatoms. The number of benzene rings is 1. The van der Waals surface area contributed by atoms with Gasteiger partial charge in [-0.15, -0.1) is 12.4 Å². The van der Waals surface area contributed by atoms with Gasteiger partial charge in [-0.25, -0.2) is 4.39 Å². The van der Waals surface area contributed by atoms with E-state index in [1.807, 2.05) is 0 Å². The average Bonchev–Trinajstić information content (AvgIpc) is 2.39. The molecule has 1 aromatic carbocycles. The minimum atomic E-state index is -0.427. The number of carbonyl (C=O) groups is 1. The highest BCUT2D eigenvalue weighted by Gasteiger charge is 2.21. The van der Waals surface area contributed by atoms with Crippen LogP contribution in [-0.4, -0.2) is 44.1 Å². The number of nitrogens with zero attached hydrogens (tertiary/aromatic N) is 1. The van der Waals surface area contributed by atoms with Crippen LogP contribution in [0.15, 0.2) is 18.2 Å². The van der Waals surface area contributed by atoms with Gasteiger partial charge in [0.2, 0.25) is 0 Å². The van der Waals surface area contributed by atoms with Gasteiger partial charge in [0.15, 0.2) is 0 Å². The van der Waals surface area contributed by atoms with E-state index < -0.39 is 5.82 Å². The third-order valence-corrected chi connectivity index (χ3v) is 2.80. The van der Waals surface area contributed by atoms with Gasteiger partial charge in [0.1, 0.15) is 11.6 Å². The second-order valence-electron chi connectivity index (χ2n) is 3.89. The number of ether oxygens (including phenoxy) is 1. The van der Waals surface area contributed by atoms with Crippen molar-refractivity contribution in [1.29, 1.82) is 0 Å². The van der Waals surface area contributed by atoms with Gasteiger partial charge in [-0.05, 0) is 18.2 Å². The maximum Gasteiger partial charge on any atom is 0.257 e. The molecule has 1 aliphatic rings. The number of methoxy groups -OCH3 is 1. The van der Waals surface area contributed by atoms with Crippen molar-refractivity contribution in [2.24, 2.45) is 0 Å². The lowest BCUT2D eigenvalue weighted by Gasteiger charge is -2.27. The summed E-state index contributed by atoms with van der Waals surface area (Å²) in [7, 11) is 1.47. The van der Waals surface area contributed by atoms with Crippen LogP contribution in [0.25, 0.3) is 0 Å². The zero-order valence-electron chi connectivity index (χ0n) is 10.1. The number of hydrogen-bond donors (Lipinski definition) is 1. The molecule has 0 unspecified atom stereocenters. The molecule has 1 aliphatic heterocycles. The van der Waals surface area contributed by atoms with E-state index in [1.165, 1.54) is 25.3 Å². The first-order valence-electron chi connectivity index (χ1n) is 5.56. The first-order valence-corrected chi connectivity index (χ1v) is 5.56. The van der Waals surface area contributed by atoms with Crippen molar-refractivity contribution >= 4 is 18.3 Å². The molecule has 0 aliphatic carbocycles. The van der Waals surface area contributed by atoms with Gasteiger partial charge in [0.05, 0.1) is 12.7 Å². The van der Waals surface area contributed by atoms with E-state index in [1.54, 1.807) is 4.90 Å². The minimum absolute atomic E-state index is 0. The van der Waals surface area contributed by atoms with Crippen molar-refractivity contribution in [3.63, 3.8) is 0 Å². The monoisotopic (exact) mass is 274 g/mol. The number of carbonyl (C=O) groups excluding carboxylic acids is 1. The molecule has 100 valence electrons. The predicted molar refractivity (Wildman–Crippen MR) is 69.0 cm³/mol. The molecule has 0 atom stereocenters. The summed E-state index contributed by atoms with van der Waals surface area (Å²) < 4.78 is 18.3. The van der Waals surface area contributed by atoms with Crippen LogP contribution >= 0.6 is 12.4 Å². The Labute approximate surface area is 112 Å². The van der Waals surface area contributed by atoms with Crippen molar-refractivity contribution in [1.82, 2.24) is 10.2 Å². The van der Waals surface area contributed by atoms with E-state index in [0.717, 1.165) is 13.1 Å². The Hall–Kier alpha value is -1.33. The zero-order valence-corrected chi connectivity index (χ0v) is 10.9. The van der Waals surface area contributed by atoms with Gasteiger partial charge in [-0.3, -0.25) is 4.79 Å². The first-order chi connectivity index (χ1) is 8.22.